The van der Waals surface area contributed by atoms with Gasteiger partial charge in [0.05, 0.1) is 17.3 Å². The van der Waals surface area contributed by atoms with Crippen LogP contribution in [0.1, 0.15) is 84.8 Å². The van der Waals surface area contributed by atoms with Crippen LogP contribution in [0.3, 0.4) is 0 Å². The van der Waals surface area contributed by atoms with E-state index in [4.69, 9.17) is 4.98 Å². The third-order valence-corrected chi connectivity index (χ3v) is 6.75. The topological polar surface area (TPSA) is 55.2 Å². The minimum Gasteiger partial charge on any atom is -0.295 e. The first-order valence-electron chi connectivity index (χ1n) is 14.0. The second-order valence-electron chi connectivity index (χ2n) is 9.20. The number of aryl methyl sites for hydroxylation is 1. The Morgan fingerprint density at radius 1 is 0.872 bits per heavy atom. The fraction of sp³-hybridized carbons (Fsp3) is 0.324. The molecule has 0 amide bonds. The maximum atomic E-state index is 14.0. The number of carbonyl (C=O) groups is 1. The first kappa shape index (κ1) is 29.7. The summed E-state index contributed by atoms with van der Waals surface area (Å²) in [6.07, 6.45) is 0.736. The van der Waals surface area contributed by atoms with E-state index < -0.39 is 0 Å². The van der Waals surface area contributed by atoms with Crippen molar-refractivity contribution in [3.05, 3.63) is 135 Å². The number of benzene rings is 3. The molecule has 5 rings (SSSR count). The van der Waals surface area contributed by atoms with Crippen molar-refractivity contribution in [3.8, 4) is 0 Å². The molecule has 1 aromatic heterocycles. The van der Waals surface area contributed by atoms with Gasteiger partial charge in [0.1, 0.15) is 5.82 Å². The van der Waals surface area contributed by atoms with E-state index in [0.717, 1.165) is 46.7 Å². The molecule has 3 aromatic carbocycles. The molecule has 0 unspecified atom stereocenters. The molecule has 0 saturated carbocycles. The number of rotatable bonds is 6. The van der Waals surface area contributed by atoms with E-state index in [0.29, 0.717) is 18.7 Å². The Bertz CT molecular complexity index is 1370. The van der Waals surface area contributed by atoms with Gasteiger partial charge in [-0.25, -0.2) is 4.98 Å². The number of fused-ring (bicyclic) bond motifs is 1. The second-order valence-corrected chi connectivity index (χ2v) is 9.20. The van der Waals surface area contributed by atoms with Gasteiger partial charge in [-0.15, -0.1) is 0 Å². The smallest absolute Gasteiger partial charge is 0.259 e. The molecule has 0 fully saturated rings. The summed E-state index contributed by atoms with van der Waals surface area (Å²) in [5.74, 6) is 0.792. The summed E-state index contributed by atoms with van der Waals surface area (Å²) in [6.45, 7) is 13.6. The lowest BCUT2D eigenvalue weighted by Crippen LogP contribution is -2.40. The molecule has 0 saturated heterocycles. The van der Waals surface area contributed by atoms with Crippen LogP contribution in [0.15, 0.2) is 89.7 Å². The molecule has 0 bridgehead atoms. The van der Waals surface area contributed by atoms with Crippen LogP contribution in [0.25, 0.3) is 0 Å². The molecule has 39 heavy (non-hydrogen) atoms. The summed E-state index contributed by atoms with van der Waals surface area (Å²) in [7, 11) is 0. The SMILES string of the molecule is CC.CC.CC(=O)c1cccc(CN2CCc3nc(C)n(C(c4ccccc4)c4ccccc4)c(=O)c3C2)c1. The molecule has 0 atom stereocenters. The van der Waals surface area contributed by atoms with Crippen molar-refractivity contribution in [3.63, 3.8) is 0 Å². The van der Waals surface area contributed by atoms with Crippen LogP contribution < -0.4 is 5.56 Å². The minimum atomic E-state index is -0.245. The number of carbonyl (C=O) groups excluding carboxylic acids is 1. The van der Waals surface area contributed by atoms with Gasteiger partial charge in [0.25, 0.3) is 5.56 Å². The number of nitrogens with zero attached hydrogens (tertiary/aromatic N) is 3. The van der Waals surface area contributed by atoms with Crippen molar-refractivity contribution in [1.29, 1.82) is 0 Å². The van der Waals surface area contributed by atoms with E-state index in [1.807, 2.05) is 99.8 Å². The number of hydrogen-bond donors (Lipinski definition) is 0. The molecule has 0 radical (unpaired) electrons. The van der Waals surface area contributed by atoms with Crippen molar-refractivity contribution in [2.45, 2.75) is 67.1 Å². The van der Waals surface area contributed by atoms with E-state index in [1.54, 1.807) is 6.92 Å². The summed E-state index contributed by atoms with van der Waals surface area (Å²) in [5, 5.41) is 0. The van der Waals surface area contributed by atoms with E-state index in [2.05, 4.69) is 29.2 Å². The molecule has 0 N–H and O–H groups in total. The predicted octanol–water partition coefficient (Wildman–Crippen LogP) is 7.00. The lowest BCUT2D eigenvalue weighted by atomic mass is 9.97. The van der Waals surface area contributed by atoms with Gasteiger partial charge in [-0.1, -0.05) is 107 Å². The molecule has 0 spiro atoms. The number of ketones is 1. The quantitative estimate of drug-likeness (QED) is 0.255. The van der Waals surface area contributed by atoms with E-state index >= 15 is 0 Å². The van der Waals surface area contributed by atoms with Crippen LogP contribution in [0.4, 0.5) is 0 Å². The second kappa shape index (κ2) is 14.4. The van der Waals surface area contributed by atoms with Gasteiger partial charge in [-0.05, 0) is 36.6 Å². The van der Waals surface area contributed by atoms with Crippen LogP contribution in [-0.4, -0.2) is 26.8 Å². The van der Waals surface area contributed by atoms with Crippen LogP contribution >= 0.6 is 0 Å². The third kappa shape index (κ3) is 6.98. The Balaban J connectivity index is 0.00000100. The fourth-order valence-electron chi connectivity index (χ4n) is 5.01. The summed E-state index contributed by atoms with van der Waals surface area (Å²) >= 11 is 0. The van der Waals surface area contributed by atoms with Crippen molar-refractivity contribution < 1.29 is 4.79 Å². The van der Waals surface area contributed by atoms with Gasteiger partial charge in [0, 0.05) is 31.6 Å². The van der Waals surface area contributed by atoms with Crippen molar-refractivity contribution in [2.24, 2.45) is 0 Å². The average molecular weight is 524 g/mol. The molecule has 0 aliphatic carbocycles. The monoisotopic (exact) mass is 523 g/mol. The van der Waals surface area contributed by atoms with Gasteiger partial charge < -0.3 is 0 Å². The third-order valence-electron chi connectivity index (χ3n) is 6.75. The number of Topliss-reactive ketones (excluding diaryl/α,β-unsaturated/α-hetero) is 1. The molecule has 2 heterocycles. The highest BCUT2D eigenvalue weighted by Crippen LogP contribution is 2.27. The standard InChI is InChI=1S/C30H29N3O2.2C2H6/c1-21(34)26-15-9-10-23(18-26)19-32-17-16-28-27(20-32)30(35)33(22(2)31-28)29(24-11-5-3-6-12-24)25-13-7-4-8-14-25;2*1-2/h3-15,18,29H,16-17,19-20H2,1-2H3;2*1-2H3. The zero-order chi connectivity index (χ0) is 28.4. The Morgan fingerprint density at radius 2 is 1.46 bits per heavy atom. The fourth-order valence-corrected chi connectivity index (χ4v) is 5.01. The molecular weight excluding hydrogens is 482 g/mol. The van der Waals surface area contributed by atoms with Crippen molar-refractivity contribution in [2.75, 3.05) is 6.54 Å². The Morgan fingerprint density at radius 3 is 2.03 bits per heavy atom. The Hall–Kier alpha value is -3.83. The summed E-state index contributed by atoms with van der Waals surface area (Å²) < 4.78 is 1.85. The highest BCUT2D eigenvalue weighted by Gasteiger charge is 2.27. The maximum absolute atomic E-state index is 14.0. The largest absolute Gasteiger partial charge is 0.295 e. The normalized spacial score (nSPS) is 12.5. The first-order valence-corrected chi connectivity index (χ1v) is 14.0. The Kier molecular flexibility index (Phi) is 10.9. The summed E-state index contributed by atoms with van der Waals surface area (Å²) in [6, 6.07) is 27.8. The highest BCUT2D eigenvalue weighted by molar-refractivity contribution is 5.94. The average Bonchev–Trinajstić information content (AvgIpc) is 2.99. The molecule has 1 aliphatic rings. The maximum Gasteiger partial charge on any atom is 0.259 e. The van der Waals surface area contributed by atoms with E-state index in [1.165, 1.54) is 0 Å². The van der Waals surface area contributed by atoms with Gasteiger partial charge >= 0.3 is 0 Å². The van der Waals surface area contributed by atoms with Crippen molar-refractivity contribution in [1.82, 2.24) is 14.5 Å². The van der Waals surface area contributed by atoms with E-state index in [9.17, 15) is 9.59 Å². The van der Waals surface area contributed by atoms with Gasteiger partial charge in [-0.2, -0.15) is 0 Å². The van der Waals surface area contributed by atoms with E-state index in [-0.39, 0.29) is 17.4 Å². The molecule has 204 valence electrons. The van der Waals surface area contributed by atoms with Crippen LogP contribution in [-0.2, 0) is 19.5 Å². The van der Waals surface area contributed by atoms with Crippen LogP contribution in [0, 0.1) is 6.92 Å². The zero-order valence-corrected chi connectivity index (χ0v) is 24.1. The number of hydrogen-bond acceptors (Lipinski definition) is 4. The lowest BCUT2D eigenvalue weighted by Gasteiger charge is -2.30. The van der Waals surface area contributed by atoms with Crippen molar-refractivity contribution >= 4 is 5.78 Å². The van der Waals surface area contributed by atoms with Gasteiger partial charge in [-0.3, -0.25) is 19.1 Å². The first-order chi connectivity index (χ1) is 19.0. The number of aromatic nitrogens is 2. The molecular formula is C34H41N3O2. The van der Waals surface area contributed by atoms with Gasteiger partial charge in [0.15, 0.2) is 5.78 Å². The van der Waals surface area contributed by atoms with Crippen LogP contribution in [0.2, 0.25) is 0 Å². The summed E-state index contributed by atoms with van der Waals surface area (Å²) in [4.78, 5) is 33.0. The molecule has 5 nitrogen and oxygen atoms in total. The zero-order valence-electron chi connectivity index (χ0n) is 24.1. The summed E-state index contributed by atoms with van der Waals surface area (Å²) in [5.41, 5.74) is 5.59. The van der Waals surface area contributed by atoms with Gasteiger partial charge in [0.2, 0.25) is 0 Å². The Labute approximate surface area is 233 Å². The molecule has 4 aromatic rings. The lowest BCUT2D eigenvalue weighted by molar-refractivity contribution is 0.101. The highest BCUT2D eigenvalue weighted by atomic mass is 16.1. The molecule has 1 aliphatic heterocycles. The minimum absolute atomic E-state index is 0.0207. The van der Waals surface area contributed by atoms with Crippen LogP contribution in [0.5, 0.6) is 0 Å². The molecule has 5 heteroatoms. The predicted molar refractivity (Wildman–Crippen MR) is 160 cm³/mol.